The third-order valence-electron chi connectivity index (χ3n) is 11.4. The highest BCUT2D eigenvalue weighted by molar-refractivity contribution is 8.76. The van der Waals surface area contributed by atoms with Crippen LogP contribution in [-0.4, -0.2) is 27.4 Å². The Bertz CT molecular complexity index is 2730. The minimum absolute atomic E-state index is 0.105. The molecule has 374 valence electrons. The van der Waals surface area contributed by atoms with E-state index in [1.54, 1.807) is 47.6 Å². The molecule has 2 atom stereocenters. The highest BCUT2D eigenvalue weighted by Gasteiger charge is 2.19. The van der Waals surface area contributed by atoms with E-state index in [0.29, 0.717) is 36.9 Å². The quantitative estimate of drug-likeness (QED) is 0.0655. The first-order valence-corrected chi connectivity index (χ1v) is 30.1. The van der Waals surface area contributed by atoms with Gasteiger partial charge in [-0.15, -0.1) is 0 Å². The van der Waals surface area contributed by atoms with Crippen LogP contribution in [0.2, 0.25) is 0 Å². The van der Waals surface area contributed by atoms with Crippen LogP contribution in [0.4, 0.5) is 0 Å². The molecule has 2 aromatic heterocycles. The summed E-state index contributed by atoms with van der Waals surface area (Å²) < 4.78 is 23.8. The number of benzene rings is 5. The summed E-state index contributed by atoms with van der Waals surface area (Å²) in [6.45, 7) is 21.1. The van der Waals surface area contributed by atoms with Gasteiger partial charge in [-0.2, -0.15) is 0 Å². The molecule has 2 heterocycles. The zero-order valence-electron chi connectivity index (χ0n) is 42.3. The first-order chi connectivity index (χ1) is 33.7. The smallest absolute Gasteiger partial charge is 0.289 e. The van der Waals surface area contributed by atoms with Crippen molar-refractivity contribution in [2.75, 3.05) is 27.4 Å². The highest BCUT2D eigenvalue weighted by atomic mass is 33.1. The molecule has 0 aliphatic rings. The molecule has 0 spiro atoms. The van der Waals surface area contributed by atoms with E-state index in [1.165, 1.54) is 71.8 Å². The van der Waals surface area contributed by atoms with Crippen LogP contribution in [0.1, 0.15) is 110 Å². The lowest BCUT2D eigenvalue weighted by Gasteiger charge is -2.16. The molecule has 0 saturated carbocycles. The summed E-state index contributed by atoms with van der Waals surface area (Å²) in [6, 6.07) is 37.5. The van der Waals surface area contributed by atoms with Gasteiger partial charge in [0.15, 0.2) is 0 Å². The van der Waals surface area contributed by atoms with Crippen LogP contribution in [0, 0.1) is 18.8 Å². The van der Waals surface area contributed by atoms with E-state index in [0.717, 1.165) is 78.7 Å². The van der Waals surface area contributed by atoms with Crippen molar-refractivity contribution in [3.05, 3.63) is 149 Å². The molecule has 0 N–H and O–H groups in total. The van der Waals surface area contributed by atoms with Gasteiger partial charge in [0, 0.05) is 31.2 Å². The zero-order chi connectivity index (χ0) is 50.6. The maximum atomic E-state index is 12.4. The Morgan fingerprint density at radius 3 is 1.47 bits per heavy atom. The Labute approximate surface area is 445 Å². The third-order valence-corrected chi connectivity index (χ3v) is 19.3. The Morgan fingerprint density at radius 2 is 1.01 bits per heavy atom. The van der Waals surface area contributed by atoms with Crippen molar-refractivity contribution in [3.8, 4) is 43.9 Å². The van der Waals surface area contributed by atoms with Crippen molar-refractivity contribution in [2.45, 2.75) is 119 Å². The fourth-order valence-corrected chi connectivity index (χ4v) is 13.8. The molecule has 5 aromatic carbocycles. The van der Waals surface area contributed by atoms with Crippen LogP contribution in [0.15, 0.2) is 143 Å². The van der Waals surface area contributed by atoms with Crippen molar-refractivity contribution in [1.29, 1.82) is 0 Å². The second-order valence-electron chi connectivity index (χ2n) is 17.6. The molecule has 6 nitrogen and oxygen atoms in total. The molecule has 0 saturated heterocycles. The Morgan fingerprint density at radius 1 is 0.543 bits per heavy atom. The summed E-state index contributed by atoms with van der Waals surface area (Å²) in [5.41, 5.74) is 5.97. The Balaban J connectivity index is 0.000000205. The summed E-state index contributed by atoms with van der Waals surface area (Å²) in [7, 11) is 6.88. The van der Waals surface area contributed by atoms with E-state index in [1.807, 2.05) is 41.8 Å². The van der Waals surface area contributed by atoms with Gasteiger partial charge in [0.2, 0.25) is 0 Å². The number of hydrogen-bond donors (Lipinski definition) is 0. The number of hydrogen-bond acceptors (Lipinski definition) is 13. The maximum absolute atomic E-state index is 12.4. The standard InChI is InChI=1S/C25H30O3S3.C18H24O2S2.C14H14OS2/c1-6-17(4)18-7-12-22(28-14-13-16(2)3)21(15-18)23-24(31-25(26)30-23)29-20-10-8-19(27-5)9-11-20;1-5-13(4)14-6-7-16(20-9-8-12(2)3)15(10-14)17-11-21-18(19)22-17;1-11-3-7-13(8-4-11)16-17-14-9-5-12(15-2)6-10-14/h7-12,15-17H,6,13-14H2,1-5H3;6-7,10-13H,5,8-9H2,1-4H3;3-10H,1-2H3. The van der Waals surface area contributed by atoms with E-state index >= 15 is 0 Å². The first-order valence-electron chi connectivity index (χ1n) is 23.8. The normalized spacial score (nSPS) is 11.8. The van der Waals surface area contributed by atoms with Gasteiger partial charge in [0.05, 0.1) is 41.4 Å². The molecule has 13 heteroatoms. The average molecular weight is 1070 g/mol. The molecular weight excluding hydrogens is 1010 g/mol. The van der Waals surface area contributed by atoms with Crippen molar-refractivity contribution < 1.29 is 18.9 Å². The number of ether oxygens (including phenoxy) is 4. The molecule has 7 aromatic rings. The average Bonchev–Trinajstić information content (AvgIpc) is 3.97. The lowest BCUT2D eigenvalue weighted by Crippen LogP contribution is -2.03. The van der Waals surface area contributed by atoms with Crippen LogP contribution < -0.4 is 27.1 Å². The van der Waals surface area contributed by atoms with Crippen LogP contribution in [-0.2, 0) is 0 Å². The molecule has 7 rings (SSSR count). The van der Waals surface area contributed by atoms with Crippen LogP contribution >= 0.6 is 78.7 Å². The van der Waals surface area contributed by atoms with Gasteiger partial charge in [-0.1, -0.05) is 164 Å². The second kappa shape index (κ2) is 29.5. The third kappa shape index (κ3) is 18.3. The van der Waals surface area contributed by atoms with Crippen molar-refractivity contribution in [3.63, 3.8) is 0 Å². The monoisotopic (exact) mass is 1070 g/mol. The molecule has 0 bridgehead atoms. The van der Waals surface area contributed by atoms with Crippen LogP contribution in [0.3, 0.4) is 0 Å². The summed E-state index contributed by atoms with van der Waals surface area (Å²) in [4.78, 5) is 29.6. The maximum Gasteiger partial charge on any atom is 0.289 e. The van der Waals surface area contributed by atoms with E-state index in [2.05, 4.69) is 135 Å². The van der Waals surface area contributed by atoms with E-state index < -0.39 is 0 Å². The number of rotatable bonds is 21. The molecule has 0 amide bonds. The molecule has 0 aliphatic carbocycles. The Kier molecular flexibility index (Phi) is 24.0. The lowest BCUT2D eigenvalue weighted by atomic mass is 9.96. The molecule has 70 heavy (non-hydrogen) atoms. The predicted molar refractivity (Wildman–Crippen MR) is 308 cm³/mol. The predicted octanol–water partition coefficient (Wildman–Crippen LogP) is 18.5. The topological polar surface area (TPSA) is 71.1 Å². The molecule has 0 radical (unpaired) electrons. The molecule has 2 unspecified atom stereocenters. The van der Waals surface area contributed by atoms with Gasteiger partial charge in [0.25, 0.3) is 8.11 Å². The first kappa shape index (κ1) is 57.0. The Hall–Kier alpha value is -3.95. The van der Waals surface area contributed by atoms with Gasteiger partial charge in [-0.3, -0.25) is 9.59 Å². The summed E-state index contributed by atoms with van der Waals surface area (Å²) in [5, 5.41) is 1.94. The fourth-order valence-electron chi connectivity index (χ4n) is 6.54. The highest BCUT2D eigenvalue weighted by Crippen LogP contribution is 2.45. The molecule has 0 fully saturated rings. The summed E-state index contributed by atoms with van der Waals surface area (Å²) >= 11 is 6.82. The van der Waals surface area contributed by atoms with Gasteiger partial charge < -0.3 is 18.9 Å². The van der Waals surface area contributed by atoms with Crippen LogP contribution in [0.5, 0.6) is 23.0 Å². The van der Waals surface area contributed by atoms with Gasteiger partial charge in [-0.25, -0.2) is 0 Å². The van der Waals surface area contributed by atoms with Crippen molar-refractivity contribution in [2.24, 2.45) is 11.8 Å². The molecule has 0 aliphatic heterocycles. The zero-order valence-corrected chi connectivity index (χ0v) is 48.0. The lowest BCUT2D eigenvalue weighted by molar-refractivity contribution is 0.290. The van der Waals surface area contributed by atoms with Crippen molar-refractivity contribution in [1.82, 2.24) is 0 Å². The SMILES string of the molecule is CCC(C)c1ccc(OCCC(C)C)c(-c2csc(=O)s2)c1.CCC(C)c1ccc(OCCC(C)C)c(-c2sc(=O)sc2Sc2ccc(OC)cc2)c1.COc1ccc(SSc2ccc(C)cc2)cc1. The van der Waals surface area contributed by atoms with E-state index in [-0.39, 0.29) is 8.11 Å². The summed E-state index contributed by atoms with van der Waals surface area (Å²) in [5.74, 6) is 5.65. The van der Waals surface area contributed by atoms with E-state index in [4.69, 9.17) is 18.9 Å². The van der Waals surface area contributed by atoms with Gasteiger partial charge in [-0.05, 0) is 152 Å². The molecular formula is C57H68O6S7. The van der Waals surface area contributed by atoms with E-state index in [9.17, 15) is 9.59 Å². The van der Waals surface area contributed by atoms with Crippen LogP contribution in [0.25, 0.3) is 20.9 Å². The minimum Gasteiger partial charge on any atom is -0.497 e. The number of methoxy groups -OCH3 is 2. The number of aryl methyl sites for hydroxylation is 1. The van der Waals surface area contributed by atoms with Crippen molar-refractivity contribution >= 4 is 78.7 Å². The fraction of sp³-hybridized carbons (Fsp3) is 0.368. The summed E-state index contributed by atoms with van der Waals surface area (Å²) in [6.07, 6.45) is 4.21. The minimum atomic E-state index is 0.105. The second-order valence-corrected chi connectivity index (χ2v) is 25.6. The van der Waals surface area contributed by atoms with Gasteiger partial charge >= 0.3 is 0 Å². The largest absolute Gasteiger partial charge is 0.497 e. The van der Waals surface area contributed by atoms with Gasteiger partial charge in [0.1, 0.15) is 23.0 Å².